The smallest absolute Gasteiger partial charge is 0.232 e. The Hall–Kier alpha value is -1.16. The highest BCUT2D eigenvalue weighted by Crippen LogP contribution is 1.91. The first-order valence-electron chi connectivity index (χ1n) is 2.70. The molecule has 0 aromatic carbocycles. The molecular weight excluding hydrogens is 148 g/mol. The Labute approximate surface area is 63.7 Å². The van der Waals surface area contributed by atoms with Crippen molar-refractivity contribution in [3.8, 4) is 0 Å². The van der Waals surface area contributed by atoms with Gasteiger partial charge >= 0.3 is 0 Å². The van der Waals surface area contributed by atoms with E-state index in [1.54, 1.807) is 12.1 Å². The van der Waals surface area contributed by atoms with Gasteiger partial charge in [0.2, 0.25) is 12.4 Å². The summed E-state index contributed by atoms with van der Waals surface area (Å²) in [5.41, 5.74) is 5.94. The monoisotopic (exact) mass is 155 g/mol. The second-order valence-electron chi connectivity index (χ2n) is 1.84. The number of thiocarbonyl (C=S) groups is 1. The van der Waals surface area contributed by atoms with Crippen LogP contribution in [0.5, 0.6) is 0 Å². The van der Waals surface area contributed by atoms with E-state index in [1.807, 2.05) is 0 Å². The average molecular weight is 155 g/mol. The summed E-state index contributed by atoms with van der Waals surface area (Å²) < 4.78 is 0.911. The van der Waals surface area contributed by atoms with Crippen LogP contribution in [-0.4, -0.2) is 10.2 Å². The normalized spacial score (nSPS) is 9.20. The summed E-state index contributed by atoms with van der Waals surface area (Å²) in [5, 5.41) is 8.86. The maximum Gasteiger partial charge on any atom is 0.232 e. The maximum atomic E-state index is 8.86. The molecular formula is C6H7N2OS+. The van der Waals surface area contributed by atoms with Crippen molar-refractivity contribution >= 4 is 17.2 Å². The van der Waals surface area contributed by atoms with Gasteiger partial charge in [0.15, 0.2) is 0 Å². The van der Waals surface area contributed by atoms with Gasteiger partial charge < -0.3 is 5.73 Å². The molecule has 4 heteroatoms. The Balaban J connectivity index is 3.07. The molecule has 0 bridgehead atoms. The van der Waals surface area contributed by atoms with E-state index < -0.39 is 0 Å². The van der Waals surface area contributed by atoms with Gasteiger partial charge in [-0.15, -0.1) is 0 Å². The first-order valence-corrected chi connectivity index (χ1v) is 3.11. The minimum absolute atomic E-state index is 0.281. The van der Waals surface area contributed by atoms with Crippen LogP contribution in [0.4, 0.5) is 0 Å². The average Bonchev–Trinajstić information content (AvgIpc) is 1.88. The molecule has 0 fully saturated rings. The van der Waals surface area contributed by atoms with E-state index in [0.29, 0.717) is 5.56 Å². The van der Waals surface area contributed by atoms with Crippen molar-refractivity contribution in [2.45, 2.75) is 0 Å². The van der Waals surface area contributed by atoms with E-state index in [-0.39, 0.29) is 4.99 Å². The second-order valence-corrected chi connectivity index (χ2v) is 2.28. The lowest BCUT2D eigenvalue weighted by atomic mass is 10.3. The number of aromatic nitrogens is 1. The molecule has 1 aromatic rings. The molecule has 3 nitrogen and oxygen atoms in total. The largest absolute Gasteiger partial charge is 0.389 e. The van der Waals surface area contributed by atoms with Crippen LogP contribution in [0.1, 0.15) is 5.56 Å². The number of rotatable bonds is 1. The Morgan fingerprint density at radius 1 is 1.70 bits per heavy atom. The van der Waals surface area contributed by atoms with Crippen molar-refractivity contribution in [1.82, 2.24) is 0 Å². The molecule has 0 aliphatic rings. The molecule has 52 valence electrons. The fraction of sp³-hybridized carbons (Fsp3) is 0. The zero-order chi connectivity index (χ0) is 7.56. The van der Waals surface area contributed by atoms with Crippen LogP contribution in [0, 0.1) is 0 Å². The van der Waals surface area contributed by atoms with Gasteiger partial charge in [-0.2, -0.15) is 0 Å². The highest BCUT2D eigenvalue weighted by Gasteiger charge is 2.00. The molecule has 0 spiro atoms. The number of pyridine rings is 1. The van der Waals surface area contributed by atoms with E-state index in [2.05, 4.69) is 12.2 Å². The van der Waals surface area contributed by atoms with E-state index in [1.165, 1.54) is 12.4 Å². The van der Waals surface area contributed by atoms with Gasteiger partial charge in [0.1, 0.15) is 4.99 Å². The van der Waals surface area contributed by atoms with Crippen LogP contribution in [0.3, 0.4) is 0 Å². The Kier molecular flexibility index (Phi) is 1.82. The standard InChI is InChI=1S/C6H6N2OS/c7-6(10)5-2-1-3-8(9)4-5/h1-4H,(H2-,7,9,10)/p+1. The lowest BCUT2D eigenvalue weighted by Gasteiger charge is -1.90. The number of nitrogens with two attached hydrogens (primary N) is 1. The summed E-state index contributed by atoms with van der Waals surface area (Å²) in [5.74, 6) is 0. The predicted molar refractivity (Wildman–Crippen MR) is 39.7 cm³/mol. The van der Waals surface area contributed by atoms with Gasteiger partial charge in [-0.1, -0.05) is 12.2 Å². The molecule has 0 saturated carbocycles. The number of hydrogen-bond donors (Lipinski definition) is 2. The first-order chi connectivity index (χ1) is 4.70. The Morgan fingerprint density at radius 2 is 2.40 bits per heavy atom. The van der Waals surface area contributed by atoms with E-state index >= 15 is 0 Å². The zero-order valence-corrected chi connectivity index (χ0v) is 6.01. The summed E-state index contributed by atoms with van der Waals surface area (Å²) in [4.78, 5) is 0.281. The maximum absolute atomic E-state index is 8.86. The molecule has 0 aliphatic heterocycles. The molecule has 0 radical (unpaired) electrons. The minimum Gasteiger partial charge on any atom is -0.389 e. The quantitative estimate of drug-likeness (QED) is 0.337. The van der Waals surface area contributed by atoms with E-state index in [0.717, 1.165) is 4.73 Å². The number of nitrogens with zero attached hydrogens (tertiary/aromatic N) is 1. The second kappa shape index (κ2) is 2.62. The third kappa shape index (κ3) is 1.41. The van der Waals surface area contributed by atoms with Gasteiger partial charge in [0.05, 0.1) is 5.56 Å². The lowest BCUT2D eigenvalue weighted by molar-refractivity contribution is -0.904. The molecule has 3 N–H and O–H groups in total. The predicted octanol–water partition coefficient (Wildman–Crippen LogP) is -0.154. The molecule has 0 unspecified atom stereocenters. The summed E-state index contributed by atoms with van der Waals surface area (Å²) in [6.45, 7) is 0. The SMILES string of the molecule is NC(=S)c1ccc[n+](O)c1. The van der Waals surface area contributed by atoms with Gasteiger partial charge in [0.25, 0.3) is 0 Å². The first kappa shape index (κ1) is 6.95. The van der Waals surface area contributed by atoms with E-state index in [4.69, 9.17) is 10.9 Å². The van der Waals surface area contributed by atoms with Crippen LogP contribution >= 0.6 is 12.2 Å². The Morgan fingerprint density at radius 3 is 2.80 bits per heavy atom. The minimum atomic E-state index is 0.281. The Bertz CT molecular complexity index is 262. The van der Waals surface area contributed by atoms with Gasteiger partial charge in [-0.25, -0.2) is 0 Å². The highest BCUT2D eigenvalue weighted by atomic mass is 32.1. The third-order valence-electron chi connectivity index (χ3n) is 1.07. The molecule has 0 amide bonds. The molecule has 1 heterocycles. The molecule has 1 aromatic heterocycles. The van der Waals surface area contributed by atoms with Gasteiger partial charge in [0, 0.05) is 10.8 Å². The van der Waals surface area contributed by atoms with Crippen molar-refractivity contribution in [1.29, 1.82) is 0 Å². The van der Waals surface area contributed by atoms with Crippen molar-refractivity contribution in [3.05, 3.63) is 30.1 Å². The summed E-state index contributed by atoms with van der Waals surface area (Å²) in [6.07, 6.45) is 2.93. The van der Waals surface area contributed by atoms with Crippen molar-refractivity contribution < 1.29 is 9.94 Å². The molecule has 10 heavy (non-hydrogen) atoms. The molecule has 0 aliphatic carbocycles. The van der Waals surface area contributed by atoms with Crippen LogP contribution < -0.4 is 10.5 Å². The van der Waals surface area contributed by atoms with Crippen molar-refractivity contribution in [2.24, 2.45) is 5.73 Å². The van der Waals surface area contributed by atoms with Crippen LogP contribution in [0.25, 0.3) is 0 Å². The molecule has 0 atom stereocenters. The van der Waals surface area contributed by atoms with Gasteiger partial charge in [-0.3, -0.25) is 5.21 Å². The lowest BCUT2D eigenvalue weighted by Crippen LogP contribution is -2.30. The fourth-order valence-corrected chi connectivity index (χ4v) is 0.730. The topological polar surface area (TPSA) is 50.1 Å². The highest BCUT2D eigenvalue weighted by molar-refractivity contribution is 7.80. The molecule has 1 rings (SSSR count). The molecule has 0 saturated heterocycles. The van der Waals surface area contributed by atoms with Gasteiger partial charge in [-0.05, 0) is 6.07 Å². The van der Waals surface area contributed by atoms with Crippen LogP contribution in [0.15, 0.2) is 24.5 Å². The summed E-state index contributed by atoms with van der Waals surface area (Å²) in [7, 11) is 0. The summed E-state index contributed by atoms with van der Waals surface area (Å²) in [6, 6.07) is 3.39. The summed E-state index contributed by atoms with van der Waals surface area (Å²) >= 11 is 4.68. The number of hydrogen-bond acceptors (Lipinski definition) is 2. The van der Waals surface area contributed by atoms with Crippen LogP contribution in [-0.2, 0) is 0 Å². The van der Waals surface area contributed by atoms with Crippen LogP contribution in [0.2, 0.25) is 0 Å². The fourth-order valence-electron chi connectivity index (χ4n) is 0.609. The third-order valence-corrected chi connectivity index (χ3v) is 1.31. The van der Waals surface area contributed by atoms with Crippen molar-refractivity contribution in [2.75, 3.05) is 0 Å². The van der Waals surface area contributed by atoms with Crippen molar-refractivity contribution in [3.63, 3.8) is 0 Å². The van der Waals surface area contributed by atoms with E-state index in [9.17, 15) is 0 Å². The zero-order valence-electron chi connectivity index (χ0n) is 5.19.